The van der Waals surface area contributed by atoms with E-state index in [1.165, 1.54) is 11.3 Å². The van der Waals surface area contributed by atoms with Gasteiger partial charge in [0.2, 0.25) is 0 Å². The van der Waals surface area contributed by atoms with Crippen LogP contribution in [0.25, 0.3) is 0 Å². The van der Waals surface area contributed by atoms with Gasteiger partial charge in [0.05, 0.1) is 18.9 Å². The van der Waals surface area contributed by atoms with E-state index in [0.717, 1.165) is 0 Å². The lowest BCUT2D eigenvalue weighted by Gasteiger charge is -2.00. The predicted molar refractivity (Wildman–Crippen MR) is 56.5 cm³/mol. The summed E-state index contributed by atoms with van der Waals surface area (Å²) in [5.74, 6) is -0.345. The first-order chi connectivity index (χ1) is 6.69. The average molecular weight is 280 g/mol. The van der Waals surface area contributed by atoms with Crippen LogP contribution >= 0.6 is 27.3 Å². The molecule has 14 heavy (non-hydrogen) atoms. The Hall–Kier alpha value is -0.460. The summed E-state index contributed by atoms with van der Waals surface area (Å²) in [5, 5.41) is 0. The fourth-order valence-corrected chi connectivity index (χ4v) is 2.30. The topological polar surface area (TPSA) is 48.4 Å². The Morgan fingerprint density at radius 1 is 1.64 bits per heavy atom. The molecule has 0 spiro atoms. The minimum Gasteiger partial charge on any atom is -0.462 e. The van der Waals surface area contributed by atoms with Crippen LogP contribution in [0.3, 0.4) is 0 Å². The summed E-state index contributed by atoms with van der Waals surface area (Å²) in [6.45, 7) is 2.45. The number of hydrogen-bond acceptors (Lipinski definition) is 5. The van der Waals surface area contributed by atoms with E-state index in [-0.39, 0.29) is 5.97 Å². The Balaban J connectivity index is 2.88. The van der Waals surface area contributed by atoms with E-state index in [2.05, 4.69) is 20.9 Å². The fourth-order valence-electron chi connectivity index (χ4n) is 0.913. The highest BCUT2D eigenvalue weighted by Crippen LogP contribution is 2.24. The Morgan fingerprint density at radius 2 is 2.36 bits per heavy atom. The van der Waals surface area contributed by atoms with Crippen LogP contribution < -0.4 is 0 Å². The molecule has 0 aliphatic rings. The first-order valence-corrected chi connectivity index (χ1v) is 5.61. The lowest BCUT2D eigenvalue weighted by molar-refractivity contribution is 0.0527. The molecule has 0 saturated heterocycles. The van der Waals surface area contributed by atoms with Crippen LogP contribution in [0, 0.1) is 0 Å². The number of ether oxygens (including phenoxy) is 2. The molecule has 0 fully saturated rings. The van der Waals surface area contributed by atoms with E-state index < -0.39 is 0 Å². The standard InChI is InChI=1S/C8H10BrNO3S/c1-3-13-7(11)6-5(4-12-2)10-8(9)14-6/h3-4H2,1-2H3. The number of methoxy groups -OCH3 is 1. The van der Waals surface area contributed by atoms with Crippen LogP contribution in [0.4, 0.5) is 0 Å². The molecule has 0 unspecified atom stereocenters. The van der Waals surface area contributed by atoms with Crippen molar-refractivity contribution in [3.63, 3.8) is 0 Å². The van der Waals surface area contributed by atoms with Crippen molar-refractivity contribution >= 4 is 33.2 Å². The van der Waals surface area contributed by atoms with Crippen LogP contribution in [0.2, 0.25) is 0 Å². The third kappa shape index (κ3) is 2.76. The molecule has 0 N–H and O–H groups in total. The van der Waals surface area contributed by atoms with E-state index in [4.69, 9.17) is 9.47 Å². The van der Waals surface area contributed by atoms with Crippen LogP contribution in [-0.4, -0.2) is 24.7 Å². The van der Waals surface area contributed by atoms with E-state index >= 15 is 0 Å². The lowest BCUT2D eigenvalue weighted by atomic mass is 10.4. The van der Waals surface area contributed by atoms with E-state index in [1.54, 1.807) is 14.0 Å². The molecule has 0 saturated carbocycles. The van der Waals surface area contributed by atoms with Gasteiger partial charge in [-0.05, 0) is 22.9 Å². The van der Waals surface area contributed by atoms with Gasteiger partial charge in [0.1, 0.15) is 4.88 Å². The molecule has 1 rings (SSSR count). The van der Waals surface area contributed by atoms with E-state index in [0.29, 0.717) is 27.7 Å². The first kappa shape index (κ1) is 11.6. The van der Waals surface area contributed by atoms with Gasteiger partial charge in [-0.15, -0.1) is 0 Å². The van der Waals surface area contributed by atoms with Gasteiger partial charge in [-0.1, -0.05) is 11.3 Å². The maximum atomic E-state index is 11.4. The van der Waals surface area contributed by atoms with Crippen molar-refractivity contribution in [1.82, 2.24) is 4.98 Å². The molecule has 4 nitrogen and oxygen atoms in total. The summed E-state index contributed by atoms with van der Waals surface area (Å²) in [5.41, 5.74) is 0.614. The molecular formula is C8H10BrNO3S. The van der Waals surface area contributed by atoms with Crippen LogP contribution in [0.15, 0.2) is 3.92 Å². The second kappa shape index (κ2) is 5.43. The Labute approximate surface area is 94.4 Å². The number of carbonyl (C=O) groups is 1. The van der Waals surface area contributed by atoms with Gasteiger partial charge in [-0.25, -0.2) is 9.78 Å². The van der Waals surface area contributed by atoms with Gasteiger partial charge in [-0.2, -0.15) is 0 Å². The highest BCUT2D eigenvalue weighted by molar-refractivity contribution is 9.11. The summed E-state index contributed by atoms with van der Waals surface area (Å²) >= 11 is 4.47. The number of aromatic nitrogens is 1. The predicted octanol–water partition coefficient (Wildman–Crippen LogP) is 2.23. The van der Waals surface area contributed by atoms with Crippen molar-refractivity contribution in [1.29, 1.82) is 0 Å². The molecule has 0 aromatic carbocycles. The number of halogens is 1. The van der Waals surface area contributed by atoms with E-state index in [1.807, 2.05) is 0 Å². The van der Waals surface area contributed by atoms with Crippen molar-refractivity contribution in [2.24, 2.45) is 0 Å². The molecule has 0 radical (unpaired) electrons. The summed E-state index contributed by atoms with van der Waals surface area (Å²) in [6, 6.07) is 0. The largest absolute Gasteiger partial charge is 0.462 e. The molecule has 0 aliphatic heterocycles. The summed E-state index contributed by atoms with van der Waals surface area (Å²) in [4.78, 5) is 16.0. The quantitative estimate of drug-likeness (QED) is 0.793. The van der Waals surface area contributed by atoms with Crippen LogP contribution in [-0.2, 0) is 16.1 Å². The zero-order chi connectivity index (χ0) is 10.6. The van der Waals surface area contributed by atoms with Crippen LogP contribution in [0.1, 0.15) is 22.3 Å². The van der Waals surface area contributed by atoms with Crippen LogP contribution in [0.5, 0.6) is 0 Å². The summed E-state index contributed by atoms with van der Waals surface area (Å²) < 4.78 is 10.5. The normalized spacial score (nSPS) is 10.2. The molecule has 78 valence electrons. The molecule has 1 aromatic heterocycles. The number of carbonyl (C=O) groups excluding carboxylic acids is 1. The average Bonchev–Trinajstić information content (AvgIpc) is 2.48. The van der Waals surface area contributed by atoms with Gasteiger partial charge in [0, 0.05) is 7.11 Å². The third-order valence-electron chi connectivity index (χ3n) is 1.41. The zero-order valence-corrected chi connectivity index (χ0v) is 10.3. The zero-order valence-electron chi connectivity index (χ0n) is 7.87. The third-order valence-corrected chi connectivity index (χ3v) is 2.94. The Kier molecular flexibility index (Phi) is 4.50. The molecule has 1 heterocycles. The second-order valence-electron chi connectivity index (χ2n) is 2.40. The molecule has 0 amide bonds. The first-order valence-electron chi connectivity index (χ1n) is 4.00. The number of rotatable bonds is 4. The van der Waals surface area contributed by atoms with Gasteiger partial charge < -0.3 is 9.47 Å². The summed E-state index contributed by atoms with van der Waals surface area (Å²) in [7, 11) is 1.56. The van der Waals surface area contributed by atoms with Crippen molar-refractivity contribution in [3.05, 3.63) is 14.5 Å². The van der Waals surface area contributed by atoms with Crippen molar-refractivity contribution in [2.75, 3.05) is 13.7 Å². The molecule has 6 heteroatoms. The number of thiazole rings is 1. The number of esters is 1. The highest BCUT2D eigenvalue weighted by atomic mass is 79.9. The smallest absolute Gasteiger partial charge is 0.350 e. The van der Waals surface area contributed by atoms with Gasteiger partial charge in [0.25, 0.3) is 0 Å². The lowest BCUT2D eigenvalue weighted by Crippen LogP contribution is -2.06. The minimum absolute atomic E-state index is 0.316. The molecule has 1 aromatic rings. The van der Waals surface area contributed by atoms with Gasteiger partial charge in [0.15, 0.2) is 3.92 Å². The monoisotopic (exact) mass is 279 g/mol. The number of hydrogen-bond donors (Lipinski definition) is 0. The maximum Gasteiger partial charge on any atom is 0.350 e. The molecule has 0 atom stereocenters. The Morgan fingerprint density at radius 3 is 2.93 bits per heavy atom. The van der Waals surface area contributed by atoms with Gasteiger partial charge >= 0.3 is 5.97 Å². The summed E-state index contributed by atoms with van der Waals surface area (Å²) in [6.07, 6.45) is 0. The van der Waals surface area contributed by atoms with Crippen molar-refractivity contribution in [3.8, 4) is 0 Å². The Bertz CT molecular complexity index is 326. The van der Waals surface area contributed by atoms with E-state index in [9.17, 15) is 4.79 Å². The van der Waals surface area contributed by atoms with Crippen molar-refractivity contribution < 1.29 is 14.3 Å². The second-order valence-corrected chi connectivity index (χ2v) is 4.67. The molecular weight excluding hydrogens is 270 g/mol. The molecule has 0 bridgehead atoms. The minimum atomic E-state index is -0.345. The molecule has 0 aliphatic carbocycles. The fraction of sp³-hybridized carbons (Fsp3) is 0.500. The SMILES string of the molecule is CCOC(=O)c1sc(Br)nc1COC. The number of nitrogens with zero attached hydrogens (tertiary/aromatic N) is 1. The highest BCUT2D eigenvalue weighted by Gasteiger charge is 2.17. The maximum absolute atomic E-state index is 11.4. The van der Waals surface area contributed by atoms with Gasteiger partial charge in [-0.3, -0.25) is 0 Å². The van der Waals surface area contributed by atoms with Crippen molar-refractivity contribution in [2.45, 2.75) is 13.5 Å².